The van der Waals surface area contributed by atoms with Crippen molar-refractivity contribution in [2.45, 2.75) is 98.9 Å². The molecule has 2 aliphatic rings. The molecule has 1 aliphatic heterocycles. The van der Waals surface area contributed by atoms with E-state index < -0.39 is 58.7 Å². The van der Waals surface area contributed by atoms with Crippen molar-refractivity contribution < 1.29 is 33.5 Å². The molecule has 1 heterocycles. The molecular formula is C30H49N5O7. The highest BCUT2D eigenvalue weighted by Crippen LogP contribution is 2.65. The lowest BCUT2D eigenvalue weighted by Gasteiger charge is -2.38. The lowest BCUT2D eigenvalue weighted by Crippen LogP contribution is -2.60. The first-order valence-corrected chi connectivity index (χ1v) is 14.5. The zero-order chi connectivity index (χ0) is 32.2. The van der Waals surface area contributed by atoms with Crippen LogP contribution in [0.5, 0.6) is 0 Å². The number of hydrogen-bond acceptors (Lipinski definition) is 7. The smallest absolute Gasteiger partial charge is 0.408 e. The minimum Gasteiger partial charge on any atom is -0.444 e. The molecule has 2 rings (SSSR count). The van der Waals surface area contributed by atoms with Gasteiger partial charge in [-0.3, -0.25) is 24.0 Å². The number of carbonyl (C=O) groups excluding carboxylic acids is 6. The molecule has 12 heteroatoms. The first-order valence-electron chi connectivity index (χ1n) is 14.5. The Labute approximate surface area is 249 Å². The van der Waals surface area contributed by atoms with Crippen LogP contribution in [0.2, 0.25) is 0 Å². The molecule has 12 nitrogen and oxygen atoms in total. The molecule has 0 spiro atoms. The van der Waals surface area contributed by atoms with Gasteiger partial charge in [0.05, 0.1) is 6.04 Å². The van der Waals surface area contributed by atoms with E-state index in [1.165, 1.54) is 11.8 Å². The van der Waals surface area contributed by atoms with Gasteiger partial charge < -0.3 is 30.9 Å². The summed E-state index contributed by atoms with van der Waals surface area (Å²) in [5, 5.41) is 10.4. The summed E-state index contributed by atoms with van der Waals surface area (Å²) >= 11 is 0. The summed E-state index contributed by atoms with van der Waals surface area (Å²) in [5.74, 6) is -2.99. The van der Waals surface area contributed by atoms with Gasteiger partial charge >= 0.3 is 6.09 Å². The molecule has 1 saturated heterocycles. The Bertz CT molecular complexity index is 1090. The number of fused-ring (bicyclic) bond motifs is 1. The van der Waals surface area contributed by atoms with Crippen LogP contribution < -0.4 is 21.3 Å². The summed E-state index contributed by atoms with van der Waals surface area (Å²) in [5.41, 5.74) is -1.66. The number of ether oxygens (including phenoxy) is 1. The van der Waals surface area contributed by atoms with Crippen molar-refractivity contribution in [3.05, 3.63) is 12.7 Å². The van der Waals surface area contributed by atoms with Gasteiger partial charge in [-0.1, -0.05) is 40.7 Å². The van der Waals surface area contributed by atoms with Crippen molar-refractivity contribution in [1.82, 2.24) is 26.2 Å². The highest BCUT2D eigenvalue weighted by molar-refractivity contribution is 6.38. The topological polar surface area (TPSA) is 163 Å². The van der Waals surface area contributed by atoms with Crippen LogP contribution in [0.25, 0.3) is 0 Å². The Kier molecular flexibility index (Phi) is 11.0. The zero-order valence-electron chi connectivity index (χ0n) is 26.5. The van der Waals surface area contributed by atoms with Crippen LogP contribution in [0.1, 0.15) is 75.2 Å². The average Bonchev–Trinajstić information content (AvgIpc) is 3.18. The van der Waals surface area contributed by atoms with Gasteiger partial charge in [0.2, 0.25) is 23.5 Å². The molecule has 42 heavy (non-hydrogen) atoms. The second kappa shape index (κ2) is 13.2. The molecule has 0 radical (unpaired) electrons. The fourth-order valence-electron chi connectivity index (χ4n) is 5.52. The van der Waals surface area contributed by atoms with Crippen LogP contribution >= 0.6 is 0 Å². The minimum absolute atomic E-state index is 0.0496. The van der Waals surface area contributed by atoms with E-state index in [2.05, 4.69) is 27.8 Å². The number of hydrogen-bond donors (Lipinski definition) is 4. The lowest BCUT2D eigenvalue weighted by atomic mass is 9.85. The second-order valence-corrected chi connectivity index (χ2v) is 13.9. The fraction of sp³-hybridized carbons (Fsp3) is 0.733. The number of allylic oxidation sites excluding steroid dienone is 1. The number of amides is 5. The molecule has 5 amide bonds. The molecule has 1 saturated carbocycles. The third kappa shape index (κ3) is 8.78. The van der Waals surface area contributed by atoms with E-state index in [-0.39, 0.29) is 42.7 Å². The van der Waals surface area contributed by atoms with Crippen LogP contribution in [0.4, 0.5) is 4.79 Å². The van der Waals surface area contributed by atoms with Gasteiger partial charge in [-0.25, -0.2) is 4.79 Å². The number of nitrogens with one attached hydrogen (secondary N) is 4. The van der Waals surface area contributed by atoms with Crippen molar-refractivity contribution >= 4 is 35.5 Å². The van der Waals surface area contributed by atoms with Crippen LogP contribution in [0.15, 0.2) is 12.7 Å². The Balaban J connectivity index is 2.26. The molecule has 2 fully saturated rings. The maximum Gasteiger partial charge on any atom is 0.408 e. The Morgan fingerprint density at radius 2 is 1.60 bits per heavy atom. The third-order valence-electron chi connectivity index (χ3n) is 7.83. The summed E-state index contributed by atoms with van der Waals surface area (Å²) in [6, 6.07) is -2.99. The summed E-state index contributed by atoms with van der Waals surface area (Å²) in [4.78, 5) is 78.6. The largest absolute Gasteiger partial charge is 0.444 e. The monoisotopic (exact) mass is 591 g/mol. The van der Waals surface area contributed by atoms with Crippen molar-refractivity contribution in [2.24, 2.45) is 22.7 Å². The second-order valence-electron chi connectivity index (χ2n) is 13.9. The van der Waals surface area contributed by atoms with E-state index in [1.807, 2.05) is 34.6 Å². The van der Waals surface area contributed by atoms with Gasteiger partial charge in [0.1, 0.15) is 17.7 Å². The van der Waals surface area contributed by atoms with Crippen LogP contribution in [0, 0.1) is 22.7 Å². The van der Waals surface area contributed by atoms with E-state index in [1.54, 1.807) is 26.8 Å². The molecule has 0 aromatic carbocycles. The predicted molar refractivity (Wildman–Crippen MR) is 157 cm³/mol. The molecule has 0 bridgehead atoms. The highest BCUT2D eigenvalue weighted by atomic mass is 16.6. The standard InChI is InChI=1S/C30H49N5O7/c1-11-12-13-19(22(37)25(39)32-15-14-31-17(2)36)33-24(38)21-20-18(30(20,9)10)16-35(21)26(40)23(28(3,4)5)34-27(41)42-29(6,7)8/h11,18-21,23H,1,12-16H2,2-10H3,(H,31,36)(H,32,39)(H,33,38)(H,34,41)/t18?,19?,20?,21?,23-/m1/s1. The first-order chi connectivity index (χ1) is 19.2. The van der Waals surface area contributed by atoms with E-state index >= 15 is 0 Å². The minimum atomic E-state index is -1.13. The SMILES string of the molecule is C=CCCC(NC(=O)C1C2C(CN1C(=O)[C@@H](NC(=O)OC(C)(C)C)C(C)(C)C)C2(C)C)C(=O)C(=O)NCCNC(C)=O. The normalized spacial score (nSPS) is 22.1. The summed E-state index contributed by atoms with van der Waals surface area (Å²) in [7, 11) is 0. The molecule has 4 unspecified atom stereocenters. The van der Waals surface area contributed by atoms with Gasteiger partial charge in [-0.05, 0) is 56.3 Å². The Morgan fingerprint density at radius 3 is 2.12 bits per heavy atom. The molecule has 0 aromatic rings. The molecule has 5 atom stereocenters. The van der Waals surface area contributed by atoms with E-state index in [4.69, 9.17) is 4.74 Å². The van der Waals surface area contributed by atoms with Crippen LogP contribution in [0.3, 0.4) is 0 Å². The van der Waals surface area contributed by atoms with Gasteiger partial charge in [0.15, 0.2) is 0 Å². The molecule has 0 aromatic heterocycles. The highest BCUT2D eigenvalue weighted by Gasteiger charge is 2.70. The summed E-state index contributed by atoms with van der Waals surface area (Å²) in [6.07, 6.45) is 1.37. The molecule has 4 N–H and O–H groups in total. The third-order valence-corrected chi connectivity index (χ3v) is 7.83. The Morgan fingerprint density at radius 1 is 1.00 bits per heavy atom. The number of Topliss-reactive ketones (excluding diaryl/α,β-unsaturated/α-hetero) is 1. The number of carbonyl (C=O) groups is 6. The fourth-order valence-corrected chi connectivity index (χ4v) is 5.52. The number of alkyl carbamates (subject to hydrolysis) is 1. The number of ketones is 1. The maximum absolute atomic E-state index is 14.0. The quantitative estimate of drug-likeness (QED) is 0.152. The van der Waals surface area contributed by atoms with Gasteiger partial charge in [-0.15, -0.1) is 6.58 Å². The van der Waals surface area contributed by atoms with Crippen molar-refractivity contribution in [1.29, 1.82) is 0 Å². The number of rotatable bonds is 12. The van der Waals surface area contributed by atoms with E-state index in [0.717, 1.165) is 0 Å². The van der Waals surface area contributed by atoms with E-state index in [0.29, 0.717) is 13.0 Å². The van der Waals surface area contributed by atoms with Crippen LogP contribution in [-0.2, 0) is 28.7 Å². The molecule has 236 valence electrons. The number of piperidine rings is 1. The maximum atomic E-state index is 14.0. The Hall–Kier alpha value is -3.44. The average molecular weight is 592 g/mol. The number of nitrogens with zero attached hydrogens (tertiary/aromatic N) is 1. The van der Waals surface area contributed by atoms with Gasteiger partial charge in [0, 0.05) is 26.6 Å². The summed E-state index contributed by atoms with van der Waals surface area (Å²) < 4.78 is 5.40. The summed E-state index contributed by atoms with van der Waals surface area (Å²) in [6.45, 7) is 20.2. The molecular weight excluding hydrogens is 542 g/mol. The lowest BCUT2D eigenvalue weighted by molar-refractivity contribution is -0.145. The van der Waals surface area contributed by atoms with E-state index in [9.17, 15) is 28.8 Å². The molecule has 1 aliphatic carbocycles. The first kappa shape index (κ1) is 34.8. The predicted octanol–water partition coefficient (Wildman–Crippen LogP) is 1.68. The van der Waals surface area contributed by atoms with Crippen molar-refractivity contribution in [3.8, 4) is 0 Å². The zero-order valence-corrected chi connectivity index (χ0v) is 26.5. The number of likely N-dealkylation sites (tertiary alicyclic amines) is 1. The van der Waals surface area contributed by atoms with Crippen molar-refractivity contribution in [3.63, 3.8) is 0 Å². The van der Waals surface area contributed by atoms with Crippen LogP contribution in [-0.4, -0.2) is 83.8 Å². The van der Waals surface area contributed by atoms with Gasteiger partial charge in [-0.2, -0.15) is 0 Å². The van der Waals surface area contributed by atoms with Gasteiger partial charge in [0.25, 0.3) is 5.91 Å². The van der Waals surface area contributed by atoms with Crippen molar-refractivity contribution in [2.75, 3.05) is 19.6 Å².